The number of aromatic nitrogens is 2. The molecule has 0 amide bonds. The molecule has 2 aromatic rings. The third-order valence-corrected chi connectivity index (χ3v) is 2.66. The molecule has 7 heteroatoms. The van der Waals surface area contributed by atoms with Crippen LogP contribution in [0.4, 0.5) is 21.7 Å². The Bertz CT molecular complexity index is 560. The highest BCUT2D eigenvalue weighted by atomic mass is 35.5. The third-order valence-electron chi connectivity index (χ3n) is 2.11. The second-order valence-electron chi connectivity index (χ2n) is 3.60. The van der Waals surface area contributed by atoms with Crippen LogP contribution in [0.25, 0.3) is 0 Å². The van der Waals surface area contributed by atoms with E-state index in [2.05, 4.69) is 15.3 Å². The summed E-state index contributed by atoms with van der Waals surface area (Å²) in [4.78, 5) is 8.07. The van der Waals surface area contributed by atoms with Crippen LogP contribution < -0.4 is 11.1 Å². The van der Waals surface area contributed by atoms with Gasteiger partial charge in [0.05, 0.1) is 10.0 Å². The summed E-state index contributed by atoms with van der Waals surface area (Å²) < 4.78 is 13.2. The lowest BCUT2D eigenvalue weighted by molar-refractivity contribution is 0.629. The van der Waals surface area contributed by atoms with E-state index in [4.69, 9.17) is 28.9 Å². The second kappa shape index (κ2) is 4.96. The average molecular weight is 287 g/mol. The van der Waals surface area contributed by atoms with Crippen molar-refractivity contribution in [3.63, 3.8) is 0 Å². The van der Waals surface area contributed by atoms with E-state index in [9.17, 15) is 4.39 Å². The lowest BCUT2D eigenvalue weighted by atomic mass is 10.3. The Morgan fingerprint density at radius 2 is 1.78 bits per heavy atom. The minimum absolute atomic E-state index is 0.0660. The molecule has 0 aliphatic rings. The van der Waals surface area contributed by atoms with Gasteiger partial charge in [-0.05, 0) is 19.1 Å². The molecule has 18 heavy (non-hydrogen) atoms. The molecular formula is C11H9Cl2FN4. The van der Waals surface area contributed by atoms with E-state index in [1.165, 1.54) is 12.1 Å². The van der Waals surface area contributed by atoms with Crippen LogP contribution in [0.1, 0.15) is 5.82 Å². The summed E-state index contributed by atoms with van der Waals surface area (Å²) >= 11 is 11.4. The van der Waals surface area contributed by atoms with Crippen LogP contribution >= 0.6 is 23.2 Å². The monoisotopic (exact) mass is 286 g/mol. The zero-order chi connectivity index (χ0) is 13.3. The Morgan fingerprint density at radius 3 is 2.33 bits per heavy atom. The molecule has 0 aliphatic carbocycles. The SMILES string of the molecule is Cc1nc(N)cc(Nc2cc(Cl)c(F)c(Cl)c2)n1. The maximum atomic E-state index is 13.2. The smallest absolute Gasteiger partial charge is 0.160 e. The maximum absolute atomic E-state index is 13.2. The average Bonchev–Trinajstić information content (AvgIpc) is 2.24. The van der Waals surface area contributed by atoms with E-state index in [1.54, 1.807) is 13.0 Å². The van der Waals surface area contributed by atoms with Crippen molar-refractivity contribution in [3.05, 3.63) is 39.9 Å². The van der Waals surface area contributed by atoms with Crippen LogP contribution in [0.5, 0.6) is 0 Å². The summed E-state index contributed by atoms with van der Waals surface area (Å²) in [6.07, 6.45) is 0. The molecule has 1 aromatic heterocycles. The molecule has 0 saturated carbocycles. The Labute approximate surface area is 113 Å². The highest BCUT2D eigenvalue weighted by molar-refractivity contribution is 6.35. The van der Waals surface area contributed by atoms with Crippen LogP contribution in [-0.4, -0.2) is 9.97 Å². The molecule has 0 saturated heterocycles. The standard InChI is InChI=1S/C11H9Cl2FN4/c1-5-16-9(15)4-10(17-5)18-6-2-7(12)11(14)8(13)3-6/h2-4H,1H3,(H3,15,16,17,18). The lowest BCUT2D eigenvalue weighted by Gasteiger charge is -2.08. The van der Waals surface area contributed by atoms with E-state index in [-0.39, 0.29) is 10.0 Å². The highest BCUT2D eigenvalue weighted by Crippen LogP contribution is 2.28. The first kappa shape index (κ1) is 12.9. The van der Waals surface area contributed by atoms with Crippen LogP contribution in [0, 0.1) is 12.7 Å². The van der Waals surface area contributed by atoms with E-state index in [0.29, 0.717) is 23.1 Å². The number of hydrogen-bond acceptors (Lipinski definition) is 4. The largest absolute Gasteiger partial charge is 0.384 e. The number of anilines is 3. The van der Waals surface area contributed by atoms with Crippen LogP contribution in [0.15, 0.2) is 18.2 Å². The van der Waals surface area contributed by atoms with Gasteiger partial charge in [-0.2, -0.15) is 0 Å². The molecule has 0 radical (unpaired) electrons. The predicted octanol–water partition coefficient (Wildman–Crippen LogP) is 3.56. The van der Waals surface area contributed by atoms with Gasteiger partial charge in [0.1, 0.15) is 17.5 Å². The van der Waals surface area contributed by atoms with Crippen molar-refractivity contribution in [3.8, 4) is 0 Å². The van der Waals surface area contributed by atoms with E-state index < -0.39 is 5.82 Å². The molecule has 2 rings (SSSR count). The molecule has 3 N–H and O–H groups in total. The second-order valence-corrected chi connectivity index (χ2v) is 4.42. The summed E-state index contributed by atoms with van der Waals surface area (Å²) in [5.74, 6) is 0.696. The fourth-order valence-electron chi connectivity index (χ4n) is 1.43. The van der Waals surface area contributed by atoms with Gasteiger partial charge < -0.3 is 11.1 Å². The zero-order valence-corrected chi connectivity index (χ0v) is 10.8. The quantitative estimate of drug-likeness (QED) is 0.829. The fraction of sp³-hybridized carbons (Fsp3) is 0.0909. The summed E-state index contributed by atoms with van der Waals surface area (Å²) in [6, 6.07) is 4.38. The number of hydrogen-bond donors (Lipinski definition) is 2. The van der Waals surface area contributed by atoms with E-state index >= 15 is 0 Å². The van der Waals surface area contributed by atoms with Crippen molar-refractivity contribution >= 4 is 40.5 Å². The number of nitrogens with one attached hydrogen (secondary N) is 1. The summed E-state index contributed by atoms with van der Waals surface area (Å²) in [5.41, 5.74) is 6.11. The normalized spacial score (nSPS) is 10.4. The van der Waals surface area contributed by atoms with Crippen molar-refractivity contribution in [1.29, 1.82) is 0 Å². The van der Waals surface area contributed by atoms with Gasteiger partial charge in [-0.15, -0.1) is 0 Å². The van der Waals surface area contributed by atoms with Gasteiger partial charge in [-0.3, -0.25) is 0 Å². The van der Waals surface area contributed by atoms with Crippen LogP contribution in [0.2, 0.25) is 10.0 Å². The predicted molar refractivity (Wildman–Crippen MR) is 70.9 cm³/mol. The summed E-state index contributed by atoms with van der Waals surface area (Å²) in [5, 5.41) is 2.80. The van der Waals surface area contributed by atoms with Gasteiger partial charge in [0, 0.05) is 11.8 Å². The molecule has 0 spiro atoms. The topological polar surface area (TPSA) is 63.8 Å². The van der Waals surface area contributed by atoms with Gasteiger partial charge in [0.2, 0.25) is 0 Å². The number of rotatable bonds is 2. The molecule has 0 atom stereocenters. The molecule has 0 fully saturated rings. The number of nitrogens with zero attached hydrogens (tertiary/aromatic N) is 2. The van der Waals surface area contributed by atoms with Gasteiger partial charge >= 0.3 is 0 Å². The molecule has 0 aliphatic heterocycles. The van der Waals surface area contributed by atoms with Crippen LogP contribution in [0.3, 0.4) is 0 Å². The molecule has 0 unspecified atom stereocenters. The highest BCUT2D eigenvalue weighted by Gasteiger charge is 2.08. The Kier molecular flexibility index (Phi) is 3.54. The summed E-state index contributed by atoms with van der Waals surface area (Å²) in [7, 11) is 0. The molecule has 1 heterocycles. The Balaban J connectivity index is 2.34. The van der Waals surface area contributed by atoms with Gasteiger partial charge in [-0.1, -0.05) is 23.2 Å². The first-order valence-electron chi connectivity index (χ1n) is 4.98. The molecule has 4 nitrogen and oxygen atoms in total. The van der Waals surface area contributed by atoms with Crippen molar-refractivity contribution < 1.29 is 4.39 Å². The minimum atomic E-state index is -0.651. The maximum Gasteiger partial charge on any atom is 0.160 e. The minimum Gasteiger partial charge on any atom is -0.384 e. The van der Waals surface area contributed by atoms with Gasteiger partial charge in [-0.25, -0.2) is 14.4 Å². The number of benzene rings is 1. The van der Waals surface area contributed by atoms with E-state index in [1.807, 2.05) is 0 Å². The van der Waals surface area contributed by atoms with Gasteiger partial charge in [0.15, 0.2) is 5.82 Å². The fourth-order valence-corrected chi connectivity index (χ4v) is 1.92. The third kappa shape index (κ3) is 2.80. The number of nitrogen functional groups attached to an aromatic ring is 1. The molecule has 0 bridgehead atoms. The van der Waals surface area contributed by atoms with Crippen LogP contribution in [-0.2, 0) is 0 Å². The summed E-state index contributed by atoms with van der Waals surface area (Å²) in [6.45, 7) is 1.71. The van der Waals surface area contributed by atoms with Crippen molar-refractivity contribution in [2.45, 2.75) is 6.92 Å². The Hall–Kier alpha value is -1.59. The first-order chi connectivity index (χ1) is 8.45. The lowest BCUT2D eigenvalue weighted by Crippen LogP contribution is -2.00. The molecule has 94 valence electrons. The van der Waals surface area contributed by atoms with E-state index in [0.717, 1.165) is 0 Å². The molecule has 1 aromatic carbocycles. The number of nitrogens with two attached hydrogens (primary N) is 1. The number of halogens is 3. The first-order valence-corrected chi connectivity index (χ1v) is 5.74. The zero-order valence-electron chi connectivity index (χ0n) is 9.34. The van der Waals surface area contributed by atoms with Gasteiger partial charge in [0.25, 0.3) is 0 Å². The molecular weight excluding hydrogens is 278 g/mol. The van der Waals surface area contributed by atoms with Crippen molar-refractivity contribution in [2.24, 2.45) is 0 Å². The van der Waals surface area contributed by atoms with Crippen molar-refractivity contribution in [1.82, 2.24) is 9.97 Å². The Morgan fingerprint density at radius 1 is 1.17 bits per heavy atom. The van der Waals surface area contributed by atoms with Crippen molar-refractivity contribution in [2.75, 3.05) is 11.1 Å². The number of aryl methyl sites for hydroxylation is 1.